The number of oxime groups is 1. The Labute approximate surface area is 203 Å². The van der Waals surface area contributed by atoms with Gasteiger partial charge in [0, 0.05) is 0 Å². The van der Waals surface area contributed by atoms with E-state index in [0.29, 0.717) is 6.42 Å². The van der Waals surface area contributed by atoms with Gasteiger partial charge in [-0.05, 0) is 31.3 Å². The number of hydrogen-bond donors (Lipinski definition) is 4. The molecular formula is C12H22KNO9S3. The van der Waals surface area contributed by atoms with Crippen molar-refractivity contribution in [2.75, 3.05) is 18.6 Å². The third-order valence-electron chi connectivity index (χ3n) is 3.32. The largest absolute Gasteiger partial charge is 1.00 e. The van der Waals surface area contributed by atoms with Crippen LogP contribution in [0.5, 0.6) is 0 Å². The van der Waals surface area contributed by atoms with Gasteiger partial charge in [-0.25, -0.2) is 0 Å². The monoisotopic (exact) mass is 459 g/mol. The molecule has 0 aromatic rings. The Morgan fingerprint density at radius 1 is 1.23 bits per heavy atom. The first-order chi connectivity index (χ1) is 11.7. The summed E-state index contributed by atoms with van der Waals surface area (Å²) in [4.78, 5) is 0. The zero-order chi connectivity index (χ0) is 19.0. The molecule has 1 heterocycles. The second-order valence-electron chi connectivity index (χ2n) is 5.23. The van der Waals surface area contributed by atoms with Crippen molar-refractivity contribution in [1.29, 1.82) is 0 Å². The molecule has 5 unspecified atom stereocenters. The first-order valence-corrected chi connectivity index (χ1v) is 11.0. The Balaban J connectivity index is 0.00000625. The van der Waals surface area contributed by atoms with Crippen molar-refractivity contribution in [2.24, 2.45) is 5.16 Å². The predicted octanol–water partition coefficient (Wildman–Crippen LogP) is -4.15. The minimum Gasteiger partial charge on any atom is -0.714 e. The van der Waals surface area contributed by atoms with Gasteiger partial charge in [0.2, 0.25) is 0 Å². The molecule has 1 fully saturated rings. The van der Waals surface area contributed by atoms with Crippen molar-refractivity contribution in [3.63, 3.8) is 0 Å². The van der Waals surface area contributed by atoms with Crippen LogP contribution in [0, 0.1) is 0 Å². The molecule has 0 aliphatic carbocycles. The Morgan fingerprint density at radius 3 is 2.42 bits per heavy atom. The Morgan fingerprint density at radius 2 is 1.88 bits per heavy atom. The molecule has 0 saturated carbocycles. The topological polar surface area (TPSA) is 169 Å². The second-order valence-corrected chi connectivity index (χ2v) is 8.36. The van der Waals surface area contributed by atoms with Crippen LogP contribution in [-0.4, -0.2) is 86.9 Å². The molecule has 1 aliphatic rings. The van der Waals surface area contributed by atoms with E-state index in [1.54, 1.807) is 11.8 Å². The average Bonchev–Trinajstić information content (AvgIpc) is 2.55. The summed E-state index contributed by atoms with van der Waals surface area (Å²) < 4.78 is 40.9. The Hall–Kier alpha value is 1.52. The zero-order valence-corrected chi connectivity index (χ0v) is 20.0. The van der Waals surface area contributed by atoms with Gasteiger partial charge in [-0.2, -0.15) is 20.2 Å². The van der Waals surface area contributed by atoms with Crippen LogP contribution in [0.2, 0.25) is 0 Å². The summed E-state index contributed by atoms with van der Waals surface area (Å²) in [5.41, 5.74) is -1.13. The molecule has 5 atom stereocenters. The van der Waals surface area contributed by atoms with Crippen LogP contribution in [0.4, 0.5) is 0 Å². The summed E-state index contributed by atoms with van der Waals surface area (Å²) in [5.74, 6) is 0.874. The van der Waals surface area contributed by atoms with Gasteiger partial charge in [-0.1, -0.05) is 16.9 Å². The minimum atomic E-state index is -5.03. The molecule has 10 nitrogen and oxygen atoms in total. The fraction of sp³-hybridized carbons (Fsp3) is 0.917. The van der Waals surface area contributed by atoms with E-state index in [1.807, 2.05) is 6.26 Å². The number of hydrogen-bond acceptors (Lipinski definition) is 12. The molecular weight excluding hydrogens is 437 g/mol. The zero-order valence-electron chi connectivity index (χ0n) is 14.4. The van der Waals surface area contributed by atoms with Crippen LogP contribution >= 0.6 is 23.5 Å². The summed E-state index contributed by atoms with van der Waals surface area (Å²) in [6.07, 6.45) is -2.06. The molecule has 148 valence electrons. The van der Waals surface area contributed by atoms with Crippen LogP contribution in [0.3, 0.4) is 0 Å². The maximum atomic E-state index is 10.6. The molecule has 0 amide bonds. The smallest absolute Gasteiger partial charge is 0.714 e. The van der Waals surface area contributed by atoms with Crippen LogP contribution in [0.25, 0.3) is 0 Å². The SMILES string of the molecule is CSCCCC/C(=N/OS(=O)(=O)[O-])SC1OC(CO)C(O)C(O)C1O.[K+]. The first-order valence-electron chi connectivity index (χ1n) is 7.37. The molecule has 1 aliphatic heterocycles. The van der Waals surface area contributed by atoms with E-state index < -0.39 is 46.9 Å². The van der Waals surface area contributed by atoms with E-state index in [-0.39, 0.29) is 62.8 Å². The van der Waals surface area contributed by atoms with Gasteiger partial charge in [0.15, 0.2) is 0 Å². The third kappa shape index (κ3) is 9.82. The van der Waals surface area contributed by atoms with Crippen LogP contribution in [0.1, 0.15) is 19.3 Å². The summed E-state index contributed by atoms with van der Waals surface area (Å²) in [6.45, 7) is -0.590. The summed E-state index contributed by atoms with van der Waals surface area (Å²) in [5, 5.41) is 42.0. The van der Waals surface area contributed by atoms with E-state index in [9.17, 15) is 28.3 Å². The molecule has 0 aromatic heterocycles. The second kappa shape index (κ2) is 13.7. The van der Waals surface area contributed by atoms with Gasteiger partial charge in [-0.3, -0.25) is 4.28 Å². The van der Waals surface area contributed by atoms with Crippen LogP contribution in [-0.2, 0) is 19.4 Å². The van der Waals surface area contributed by atoms with Gasteiger partial charge >= 0.3 is 51.4 Å². The van der Waals surface area contributed by atoms with Crippen molar-refractivity contribution in [3.8, 4) is 0 Å². The van der Waals surface area contributed by atoms with Gasteiger partial charge < -0.3 is 29.7 Å². The first kappa shape index (κ1) is 27.5. The number of aliphatic hydroxyl groups is 4. The van der Waals surface area contributed by atoms with Gasteiger partial charge in [-0.15, -0.1) is 0 Å². The normalized spacial score (nSPS) is 29.9. The Bertz CT molecular complexity index is 534. The summed E-state index contributed by atoms with van der Waals surface area (Å²) >= 11 is 2.39. The molecule has 14 heteroatoms. The van der Waals surface area contributed by atoms with Crippen LogP contribution in [0.15, 0.2) is 5.16 Å². The maximum Gasteiger partial charge on any atom is 1.00 e. The Kier molecular flexibility index (Phi) is 14.5. The molecule has 26 heavy (non-hydrogen) atoms. The quantitative estimate of drug-likeness (QED) is 0.0502. The van der Waals surface area contributed by atoms with Crippen LogP contribution < -0.4 is 51.4 Å². The molecule has 0 aromatic carbocycles. The van der Waals surface area contributed by atoms with Gasteiger partial charge in [0.1, 0.15) is 34.9 Å². The fourth-order valence-corrected chi connectivity index (χ4v) is 3.87. The molecule has 1 rings (SSSR count). The maximum absolute atomic E-state index is 10.6. The van der Waals surface area contributed by atoms with E-state index in [1.165, 1.54) is 0 Å². The van der Waals surface area contributed by atoms with Crippen molar-refractivity contribution < 1.29 is 93.8 Å². The standard InChI is InChI=1S/C12H23NO9S3.K/c1-23-5-3-2-4-8(13-22-25(18,19)20)24-12-11(17)10(16)9(15)7(6-14)21-12;/h7,9-12,14-17H,2-6H2,1H3,(H,18,19,20);/q;+1/p-1/b13-8-;. The molecule has 0 spiro atoms. The van der Waals surface area contributed by atoms with E-state index in [2.05, 4.69) is 9.44 Å². The molecule has 0 bridgehead atoms. The van der Waals surface area contributed by atoms with Crippen molar-refractivity contribution in [1.82, 2.24) is 0 Å². The summed E-state index contributed by atoms with van der Waals surface area (Å²) in [7, 11) is -5.03. The molecule has 4 N–H and O–H groups in total. The van der Waals surface area contributed by atoms with E-state index in [4.69, 9.17) is 9.84 Å². The number of thioether (sulfide) groups is 2. The molecule has 1 saturated heterocycles. The number of unbranched alkanes of at least 4 members (excludes halogenated alkanes) is 1. The van der Waals surface area contributed by atoms with Gasteiger partial charge in [0.25, 0.3) is 10.4 Å². The van der Waals surface area contributed by atoms with E-state index in [0.717, 1.165) is 23.9 Å². The fourth-order valence-electron chi connectivity index (χ4n) is 2.03. The summed E-state index contributed by atoms with van der Waals surface area (Å²) in [6, 6.07) is 0. The number of nitrogens with zero attached hydrogens (tertiary/aromatic N) is 1. The number of rotatable bonds is 9. The van der Waals surface area contributed by atoms with Crippen molar-refractivity contribution in [3.05, 3.63) is 0 Å². The third-order valence-corrected chi connectivity index (χ3v) is 5.45. The number of aliphatic hydroxyl groups excluding tert-OH is 4. The average molecular weight is 460 g/mol. The number of ether oxygens (including phenoxy) is 1. The van der Waals surface area contributed by atoms with Gasteiger partial charge in [0.05, 0.1) is 6.61 Å². The predicted molar refractivity (Wildman–Crippen MR) is 91.8 cm³/mol. The van der Waals surface area contributed by atoms with Crippen molar-refractivity contribution >= 4 is 39.0 Å². The minimum absolute atomic E-state index is 0. The van der Waals surface area contributed by atoms with Crippen molar-refractivity contribution in [2.45, 2.75) is 49.1 Å². The van der Waals surface area contributed by atoms with E-state index >= 15 is 0 Å². The molecule has 0 radical (unpaired) electrons.